The van der Waals surface area contributed by atoms with Crippen LogP contribution in [0.3, 0.4) is 0 Å². The quantitative estimate of drug-likeness (QED) is 0.357. The maximum Gasteiger partial charge on any atom is 0.339 e. The van der Waals surface area contributed by atoms with Gasteiger partial charge < -0.3 is 20.1 Å². The number of benzene rings is 2. The lowest BCUT2D eigenvalue weighted by Gasteiger charge is -2.33. The molecular formula is C27H29BrN2O4S. The van der Waals surface area contributed by atoms with E-state index in [1.165, 1.54) is 38.1 Å². The number of piperidine rings is 1. The molecule has 1 saturated heterocycles. The molecule has 0 radical (unpaired) electrons. The normalized spacial score (nSPS) is 14.4. The van der Waals surface area contributed by atoms with Crippen molar-refractivity contribution in [3.8, 4) is 5.75 Å². The van der Waals surface area contributed by atoms with E-state index in [0.717, 1.165) is 29.8 Å². The van der Waals surface area contributed by atoms with E-state index >= 15 is 0 Å². The zero-order valence-corrected chi connectivity index (χ0v) is 22.2. The molecule has 1 aromatic heterocycles. The van der Waals surface area contributed by atoms with E-state index in [2.05, 4.69) is 62.7 Å². The van der Waals surface area contributed by atoms with Crippen molar-refractivity contribution in [2.75, 3.05) is 25.1 Å². The summed E-state index contributed by atoms with van der Waals surface area (Å²) >= 11 is 5.04. The molecule has 1 atom stereocenters. The minimum Gasteiger partial charge on any atom is -0.496 e. The van der Waals surface area contributed by atoms with Crippen molar-refractivity contribution in [2.24, 2.45) is 0 Å². The lowest BCUT2D eigenvalue weighted by atomic mass is 9.93. The number of aryl methyl sites for hydroxylation is 1. The third kappa shape index (κ3) is 5.70. The van der Waals surface area contributed by atoms with Gasteiger partial charge in [-0.2, -0.15) is 11.3 Å². The summed E-state index contributed by atoms with van der Waals surface area (Å²) in [5.74, 6) is -1.01. The van der Waals surface area contributed by atoms with Gasteiger partial charge in [0.2, 0.25) is 5.91 Å². The molecule has 2 N–H and O–H groups in total. The average molecular weight is 558 g/mol. The highest BCUT2D eigenvalue weighted by Gasteiger charge is 2.26. The Morgan fingerprint density at radius 3 is 2.63 bits per heavy atom. The molecule has 6 nitrogen and oxygen atoms in total. The molecule has 1 aliphatic rings. The topological polar surface area (TPSA) is 78.9 Å². The number of anilines is 1. The second-order valence-corrected chi connectivity index (χ2v) is 10.4. The number of rotatable bonds is 8. The highest BCUT2D eigenvalue weighted by Crippen LogP contribution is 2.36. The molecule has 1 fully saturated rings. The molecule has 184 valence electrons. The predicted molar refractivity (Wildman–Crippen MR) is 143 cm³/mol. The number of ether oxygens (including phenoxy) is 1. The van der Waals surface area contributed by atoms with Crippen LogP contribution in [0.1, 0.15) is 57.9 Å². The van der Waals surface area contributed by atoms with Crippen LogP contribution in [0, 0.1) is 6.92 Å². The summed E-state index contributed by atoms with van der Waals surface area (Å²) in [5.41, 5.74) is 5.20. The highest BCUT2D eigenvalue weighted by atomic mass is 79.9. The molecule has 1 unspecified atom stereocenters. The van der Waals surface area contributed by atoms with Crippen molar-refractivity contribution >= 4 is 44.8 Å². The van der Waals surface area contributed by atoms with E-state index in [4.69, 9.17) is 4.74 Å². The summed E-state index contributed by atoms with van der Waals surface area (Å²) in [5, 5.41) is 16.8. The molecule has 8 heteroatoms. The summed E-state index contributed by atoms with van der Waals surface area (Å²) in [6.07, 6.45) is 3.68. The van der Waals surface area contributed by atoms with Gasteiger partial charge in [-0.3, -0.25) is 4.79 Å². The lowest BCUT2D eigenvalue weighted by Crippen LogP contribution is -2.35. The van der Waals surface area contributed by atoms with Gasteiger partial charge in [-0.1, -0.05) is 28.1 Å². The number of carbonyl (C=O) groups is 2. The van der Waals surface area contributed by atoms with Crippen LogP contribution in [-0.4, -0.2) is 37.2 Å². The van der Waals surface area contributed by atoms with Gasteiger partial charge in [-0.25, -0.2) is 4.79 Å². The van der Waals surface area contributed by atoms with Crippen LogP contribution in [0.25, 0.3) is 0 Å². The number of aromatic carboxylic acids is 1. The Balaban J connectivity index is 1.66. The first-order chi connectivity index (χ1) is 16.9. The van der Waals surface area contributed by atoms with Crippen LogP contribution in [0.4, 0.5) is 5.69 Å². The van der Waals surface area contributed by atoms with Crippen LogP contribution in [0.15, 0.2) is 51.6 Å². The molecule has 35 heavy (non-hydrogen) atoms. The Hall–Kier alpha value is -2.84. The lowest BCUT2D eigenvalue weighted by molar-refractivity contribution is -0.120. The second-order valence-electron chi connectivity index (χ2n) is 8.74. The molecule has 1 amide bonds. The van der Waals surface area contributed by atoms with Crippen molar-refractivity contribution in [1.29, 1.82) is 0 Å². The molecule has 3 aromatic rings. The average Bonchev–Trinajstić information content (AvgIpc) is 3.39. The van der Waals surface area contributed by atoms with Crippen molar-refractivity contribution in [3.63, 3.8) is 0 Å². The maximum absolute atomic E-state index is 13.4. The van der Waals surface area contributed by atoms with Crippen LogP contribution in [0.2, 0.25) is 0 Å². The minimum absolute atomic E-state index is 0.0470. The molecule has 2 heterocycles. The molecule has 0 saturated carbocycles. The van der Waals surface area contributed by atoms with E-state index in [1.54, 1.807) is 17.4 Å². The third-order valence-electron chi connectivity index (χ3n) is 6.42. The Kier molecular flexibility index (Phi) is 8.13. The first kappa shape index (κ1) is 25.3. The number of hydrogen-bond donors (Lipinski definition) is 2. The number of amides is 1. The number of carboxylic acid groups (broad SMARTS) is 1. The monoisotopic (exact) mass is 556 g/mol. The van der Waals surface area contributed by atoms with Gasteiger partial charge in [0.25, 0.3) is 0 Å². The molecule has 0 spiro atoms. The second kappa shape index (κ2) is 11.3. The van der Waals surface area contributed by atoms with Crippen LogP contribution in [0.5, 0.6) is 5.75 Å². The Morgan fingerprint density at radius 2 is 1.97 bits per heavy atom. The summed E-state index contributed by atoms with van der Waals surface area (Å²) < 4.78 is 5.81. The molecule has 0 bridgehead atoms. The summed E-state index contributed by atoms with van der Waals surface area (Å²) in [6.45, 7) is 4.13. The van der Waals surface area contributed by atoms with Crippen LogP contribution >= 0.6 is 27.3 Å². The molecule has 1 aliphatic heterocycles. The smallest absolute Gasteiger partial charge is 0.339 e. The van der Waals surface area contributed by atoms with E-state index < -0.39 is 5.97 Å². The van der Waals surface area contributed by atoms with Crippen LogP contribution in [-0.2, 0) is 11.2 Å². The van der Waals surface area contributed by atoms with Gasteiger partial charge in [-0.15, -0.1) is 0 Å². The Bertz CT molecular complexity index is 1210. The number of nitrogens with one attached hydrogen (secondary N) is 1. The largest absolute Gasteiger partial charge is 0.496 e. The van der Waals surface area contributed by atoms with Crippen molar-refractivity contribution < 1.29 is 19.4 Å². The van der Waals surface area contributed by atoms with Gasteiger partial charge in [0.05, 0.1) is 19.6 Å². The molecule has 2 aromatic carbocycles. The Labute approximate surface area is 218 Å². The van der Waals surface area contributed by atoms with Gasteiger partial charge in [0.15, 0.2) is 0 Å². The van der Waals surface area contributed by atoms with Gasteiger partial charge in [0, 0.05) is 28.8 Å². The van der Waals surface area contributed by atoms with Crippen LogP contribution < -0.4 is 15.0 Å². The number of carboxylic acids is 1. The third-order valence-corrected chi connectivity index (χ3v) is 7.86. The van der Waals surface area contributed by atoms with Crippen molar-refractivity contribution in [1.82, 2.24) is 5.32 Å². The molecular weight excluding hydrogens is 528 g/mol. The summed E-state index contributed by atoms with van der Waals surface area (Å²) in [7, 11) is 1.42. The zero-order valence-electron chi connectivity index (χ0n) is 19.8. The van der Waals surface area contributed by atoms with E-state index in [0.29, 0.717) is 10.0 Å². The fraction of sp³-hybridized carbons (Fsp3) is 0.333. The molecule has 4 rings (SSSR count). The zero-order chi connectivity index (χ0) is 24.9. The number of halogens is 1. The maximum atomic E-state index is 13.4. The summed E-state index contributed by atoms with van der Waals surface area (Å²) in [4.78, 5) is 27.3. The molecule has 0 aliphatic carbocycles. The van der Waals surface area contributed by atoms with Gasteiger partial charge in [-0.05, 0) is 77.9 Å². The number of thiophene rings is 1. The van der Waals surface area contributed by atoms with E-state index in [1.807, 2.05) is 5.38 Å². The number of carbonyl (C=O) groups excluding carboxylic acids is 1. The number of hydrogen-bond acceptors (Lipinski definition) is 5. The highest BCUT2D eigenvalue weighted by molar-refractivity contribution is 9.10. The summed E-state index contributed by atoms with van der Waals surface area (Å²) in [6, 6.07) is 11.2. The minimum atomic E-state index is -1.08. The number of nitrogens with zero attached hydrogens (tertiary/aromatic N) is 1. The van der Waals surface area contributed by atoms with E-state index in [9.17, 15) is 14.7 Å². The fourth-order valence-electron chi connectivity index (χ4n) is 4.66. The van der Waals surface area contributed by atoms with E-state index in [-0.39, 0.29) is 29.7 Å². The van der Waals surface area contributed by atoms with Crippen molar-refractivity contribution in [3.05, 3.63) is 79.4 Å². The predicted octanol–water partition coefficient (Wildman–Crippen LogP) is 5.96. The fourth-order valence-corrected chi connectivity index (χ4v) is 5.83. The van der Waals surface area contributed by atoms with Gasteiger partial charge >= 0.3 is 5.97 Å². The SMILES string of the molecule is COc1cc(CC(=O)NC(c2ccsc2)c2c(C)cccc2N2CCCCC2)c(Br)cc1C(=O)O. The first-order valence-corrected chi connectivity index (χ1v) is 13.4. The first-order valence-electron chi connectivity index (χ1n) is 11.6. The number of methoxy groups -OCH3 is 1. The van der Waals surface area contributed by atoms with Crippen molar-refractivity contribution in [2.45, 2.75) is 38.6 Å². The Morgan fingerprint density at radius 1 is 1.20 bits per heavy atom. The van der Waals surface area contributed by atoms with Gasteiger partial charge in [0.1, 0.15) is 11.3 Å². The standard InChI is InChI=1S/C27H29BrN2O4S/c1-17-7-6-8-22(30-10-4-3-5-11-30)25(17)26(18-9-12-35-16-18)29-24(31)14-19-13-23(34-2)20(27(32)33)15-21(19)28/h6-9,12-13,15-16,26H,3-5,10-11,14H2,1-2H3,(H,29,31)(H,32,33).